The van der Waals surface area contributed by atoms with Gasteiger partial charge in [-0.25, -0.2) is 0 Å². The minimum atomic E-state index is -2.39. The smallest absolute Gasteiger partial charge is 0.768 e. The fraction of sp³-hybridized carbons (Fsp3) is 0.143. The zero-order valence-electron chi connectivity index (χ0n) is 8.68. The van der Waals surface area contributed by atoms with Gasteiger partial charge in [-0.1, -0.05) is 6.07 Å². The molecule has 0 aliphatic carbocycles. The Balaban J connectivity index is 0. The molecule has 0 radical (unpaired) electrons. The molecular formula is C7H6Na2O4S2. The Bertz CT molecular complexity index is 383. The SMILES string of the molecule is Cc1ccc(S(=O)[O-])cc1S(=O)[O-].[Na+].[Na+]. The molecule has 1 aromatic carbocycles. The third-order valence-corrected chi connectivity index (χ3v) is 2.97. The van der Waals surface area contributed by atoms with Crippen molar-refractivity contribution in [3.8, 4) is 0 Å². The largest absolute Gasteiger partial charge is 1.00 e. The van der Waals surface area contributed by atoms with Gasteiger partial charge in [0.25, 0.3) is 0 Å². The van der Waals surface area contributed by atoms with Gasteiger partial charge in [0, 0.05) is 9.79 Å². The number of rotatable bonds is 2. The van der Waals surface area contributed by atoms with Crippen LogP contribution in [0, 0.1) is 6.92 Å². The second kappa shape index (κ2) is 8.52. The Morgan fingerprint density at radius 1 is 1.07 bits per heavy atom. The molecule has 0 aliphatic heterocycles. The second-order valence-electron chi connectivity index (χ2n) is 2.40. The van der Waals surface area contributed by atoms with E-state index in [-0.39, 0.29) is 68.9 Å². The summed E-state index contributed by atoms with van der Waals surface area (Å²) in [6.45, 7) is 1.60. The molecule has 0 aliphatic rings. The summed E-state index contributed by atoms with van der Waals surface area (Å²) in [6.07, 6.45) is 0. The van der Waals surface area contributed by atoms with Crippen molar-refractivity contribution in [1.29, 1.82) is 0 Å². The summed E-state index contributed by atoms with van der Waals surface area (Å²) >= 11 is -4.78. The van der Waals surface area contributed by atoms with Crippen molar-refractivity contribution >= 4 is 22.2 Å². The summed E-state index contributed by atoms with van der Waals surface area (Å²) in [7, 11) is 0. The van der Waals surface area contributed by atoms with E-state index in [1.807, 2.05) is 0 Å². The molecule has 0 bridgehead atoms. The monoisotopic (exact) mass is 264 g/mol. The normalized spacial score (nSPS) is 13.3. The average Bonchev–Trinajstić information content (AvgIpc) is 2.04. The topological polar surface area (TPSA) is 80.3 Å². The van der Waals surface area contributed by atoms with Crippen LogP contribution in [0.1, 0.15) is 5.56 Å². The van der Waals surface area contributed by atoms with Crippen LogP contribution >= 0.6 is 0 Å². The number of benzene rings is 1. The van der Waals surface area contributed by atoms with Crippen LogP contribution in [0.2, 0.25) is 0 Å². The van der Waals surface area contributed by atoms with Crippen molar-refractivity contribution in [2.75, 3.05) is 0 Å². The van der Waals surface area contributed by atoms with Crippen LogP contribution < -0.4 is 59.1 Å². The minimum Gasteiger partial charge on any atom is -0.768 e. The second-order valence-corrected chi connectivity index (χ2v) is 4.25. The van der Waals surface area contributed by atoms with Gasteiger partial charge in [-0.05, 0) is 46.8 Å². The molecule has 15 heavy (non-hydrogen) atoms. The zero-order valence-corrected chi connectivity index (χ0v) is 14.3. The Hall–Kier alpha value is 1.44. The first-order valence-corrected chi connectivity index (χ1v) is 5.46. The number of hydrogen-bond donors (Lipinski definition) is 0. The summed E-state index contributed by atoms with van der Waals surface area (Å²) in [5.74, 6) is 0. The van der Waals surface area contributed by atoms with Crippen LogP contribution in [0.4, 0.5) is 0 Å². The summed E-state index contributed by atoms with van der Waals surface area (Å²) in [4.78, 5) is -0.00787. The summed E-state index contributed by atoms with van der Waals surface area (Å²) < 4.78 is 42.2. The predicted octanol–water partition coefficient (Wildman–Crippen LogP) is -5.52. The molecule has 0 spiro atoms. The first-order chi connectivity index (χ1) is 6.02. The van der Waals surface area contributed by atoms with Gasteiger partial charge in [0.2, 0.25) is 0 Å². The van der Waals surface area contributed by atoms with Crippen LogP contribution in [0.15, 0.2) is 28.0 Å². The van der Waals surface area contributed by atoms with Crippen molar-refractivity contribution in [3.63, 3.8) is 0 Å². The predicted molar refractivity (Wildman–Crippen MR) is 45.6 cm³/mol. The van der Waals surface area contributed by atoms with Gasteiger partial charge >= 0.3 is 59.1 Å². The van der Waals surface area contributed by atoms with Crippen LogP contribution in [-0.2, 0) is 22.2 Å². The Kier molecular flexibility index (Phi) is 10.7. The summed E-state index contributed by atoms with van der Waals surface area (Å²) in [5.41, 5.74) is 0.530. The first kappa shape index (κ1) is 18.8. The fourth-order valence-electron chi connectivity index (χ4n) is 0.864. The van der Waals surface area contributed by atoms with Crippen LogP contribution in [0.25, 0.3) is 0 Å². The molecule has 0 heterocycles. The molecule has 0 aromatic heterocycles. The van der Waals surface area contributed by atoms with E-state index in [4.69, 9.17) is 0 Å². The van der Waals surface area contributed by atoms with E-state index in [0.717, 1.165) is 6.07 Å². The maximum Gasteiger partial charge on any atom is 1.00 e. The van der Waals surface area contributed by atoms with Crippen LogP contribution in [0.5, 0.6) is 0 Å². The van der Waals surface area contributed by atoms with Gasteiger partial charge in [-0.15, -0.1) is 0 Å². The molecule has 1 rings (SSSR count). The third kappa shape index (κ3) is 5.54. The van der Waals surface area contributed by atoms with Crippen molar-refractivity contribution in [1.82, 2.24) is 0 Å². The van der Waals surface area contributed by atoms with Crippen molar-refractivity contribution in [3.05, 3.63) is 23.8 Å². The minimum absolute atomic E-state index is 0. The van der Waals surface area contributed by atoms with Crippen molar-refractivity contribution in [2.24, 2.45) is 0 Å². The number of aryl methyl sites for hydroxylation is 1. The first-order valence-electron chi connectivity index (χ1n) is 3.31. The van der Waals surface area contributed by atoms with Crippen molar-refractivity contribution in [2.45, 2.75) is 16.7 Å². The van der Waals surface area contributed by atoms with Gasteiger partial charge < -0.3 is 9.11 Å². The van der Waals surface area contributed by atoms with E-state index in [1.165, 1.54) is 12.1 Å². The van der Waals surface area contributed by atoms with Crippen LogP contribution in [0.3, 0.4) is 0 Å². The Morgan fingerprint density at radius 3 is 2.00 bits per heavy atom. The van der Waals surface area contributed by atoms with E-state index < -0.39 is 22.2 Å². The molecule has 0 N–H and O–H groups in total. The summed E-state index contributed by atoms with van der Waals surface area (Å²) in [5, 5.41) is 0. The van der Waals surface area contributed by atoms with Gasteiger partial charge in [-0.2, -0.15) is 0 Å². The fourth-order valence-corrected chi connectivity index (χ4v) is 1.89. The molecule has 2 unspecified atom stereocenters. The average molecular weight is 264 g/mol. The van der Waals surface area contributed by atoms with Gasteiger partial charge in [-0.3, -0.25) is 8.42 Å². The van der Waals surface area contributed by atoms with E-state index in [1.54, 1.807) is 6.92 Å². The maximum absolute atomic E-state index is 10.6. The van der Waals surface area contributed by atoms with E-state index in [0.29, 0.717) is 5.56 Å². The summed E-state index contributed by atoms with van der Waals surface area (Å²) in [6, 6.07) is 3.94. The molecule has 4 nitrogen and oxygen atoms in total. The zero-order chi connectivity index (χ0) is 10.0. The van der Waals surface area contributed by atoms with Gasteiger partial charge in [0.15, 0.2) is 0 Å². The molecule has 0 fully saturated rings. The molecule has 0 amide bonds. The van der Waals surface area contributed by atoms with E-state index in [2.05, 4.69) is 0 Å². The molecular weight excluding hydrogens is 258 g/mol. The maximum atomic E-state index is 10.6. The molecule has 0 saturated heterocycles. The van der Waals surface area contributed by atoms with E-state index in [9.17, 15) is 17.5 Å². The number of hydrogen-bond acceptors (Lipinski definition) is 4. The third-order valence-electron chi connectivity index (χ3n) is 1.53. The molecule has 72 valence electrons. The molecule has 8 heteroatoms. The van der Waals surface area contributed by atoms with Crippen molar-refractivity contribution < 1.29 is 76.6 Å². The van der Waals surface area contributed by atoms with Gasteiger partial charge in [0.1, 0.15) is 0 Å². The standard InChI is InChI=1S/C7H8O4S2.2Na/c1-5-2-3-6(12(8)9)4-7(5)13(10)11;;/h2-4H,1H3,(H,8,9)(H,10,11);;/q;2*+1/p-2. The molecule has 0 saturated carbocycles. The Morgan fingerprint density at radius 2 is 1.60 bits per heavy atom. The van der Waals surface area contributed by atoms with Crippen LogP contribution in [-0.4, -0.2) is 17.5 Å². The Labute approximate surface area is 137 Å². The molecule has 1 aromatic rings. The molecule has 2 atom stereocenters. The van der Waals surface area contributed by atoms with Gasteiger partial charge in [0.05, 0.1) is 0 Å². The van der Waals surface area contributed by atoms with E-state index >= 15 is 0 Å². The quantitative estimate of drug-likeness (QED) is 0.394.